The average Bonchev–Trinajstić information content (AvgIpc) is 3.38. The molecule has 0 bridgehead atoms. The number of amides is 1. The van der Waals surface area contributed by atoms with Crippen LogP contribution in [0.5, 0.6) is 0 Å². The lowest BCUT2D eigenvalue weighted by molar-refractivity contribution is 0.0703. The summed E-state index contributed by atoms with van der Waals surface area (Å²) in [5.74, 6) is -1.15. The second-order valence-electron chi connectivity index (χ2n) is 7.98. The highest BCUT2D eigenvalue weighted by molar-refractivity contribution is 7.18. The van der Waals surface area contributed by atoms with Gasteiger partial charge in [-0.15, -0.1) is 11.3 Å². The zero-order valence-electron chi connectivity index (χ0n) is 17.9. The molecule has 0 fully saturated rings. The van der Waals surface area contributed by atoms with Crippen molar-refractivity contribution < 1.29 is 19.4 Å². The smallest absolute Gasteiger partial charge is 0.411 e. The number of nitrogens with one attached hydrogen (secondary N) is 1. The molecule has 0 unspecified atom stereocenters. The van der Waals surface area contributed by atoms with Crippen LogP contribution in [0.2, 0.25) is 0 Å². The predicted octanol–water partition coefficient (Wildman–Crippen LogP) is 6.78. The zero-order chi connectivity index (χ0) is 22.9. The lowest BCUT2D eigenvalue weighted by Gasteiger charge is -2.14. The Balaban J connectivity index is 1.34. The maximum absolute atomic E-state index is 12.6. The van der Waals surface area contributed by atoms with Gasteiger partial charge >= 0.3 is 12.1 Å². The molecule has 0 atom stereocenters. The van der Waals surface area contributed by atoms with Crippen molar-refractivity contribution in [2.45, 2.75) is 12.8 Å². The first-order valence-corrected chi connectivity index (χ1v) is 11.4. The van der Waals surface area contributed by atoms with Gasteiger partial charge in [-0.05, 0) is 40.8 Å². The Morgan fingerprint density at radius 2 is 1.55 bits per heavy atom. The van der Waals surface area contributed by atoms with E-state index in [0.717, 1.165) is 49.6 Å². The summed E-state index contributed by atoms with van der Waals surface area (Å²) >= 11 is 1.12. The molecule has 4 aromatic rings. The van der Waals surface area contributed by atoms with Crippen molar-refractivity contribution in [1.82, 2.24) is 0 Å². The fourth-order valence-corrected chi connectivity index (χ4v) is 5.21. The van der Waals surface area contributed by atoms with Crippen molar-refractivity contribution in [3.63, 3.8) is 0 Å². The lowest BCUT2D eigenvalue weighted by Crippen LogP contribution is -2.18. The lowest BCUT2D eigenvalue weighted by atomic mass is 9.98. The van der Waals surface area contributed by atoms with Crippen LogP contribution in [0, 0.1) is 6.92 Å². The number of carbonyl (C=O) groups is 2. The van der Waals surface area contributed by atoms with Gasteiger partial charge in [0, 0.05) is 10.8 Å². The van der Waals surface area contributed by atoms with E-state index in [2.05, 4.69) is 29.6 Å². The number of carbonyl (C=O) groups excluding carboxylic acids is 1. The minimum atomic E-state index is -1.09. The molecule has 1 amide bonds. The van der Waals surface area contributed by atoms with Crippen LogP contribution < -0.4 is 5.32 Å². The van der Waals surface area contributed by atoms with E-state index in [-0.39, 0.29) is 23.1 Å². The van der Waals surface area contributed by atoms with Crippen LogP contribution in [-0.4, -0.2) is 23.8 Å². The molecule has 164 valence electrons. The monoisotopic (exact) mass is 455 g/mol. The van der Waals surface area contributed by atoms with Crippen LogP contribution in [-0.2, 0) is 4.74 Å². The number of fused-ring (bicyclic) bond motifs is 3. The summed E-state index contributed by atoms with van der Waals surface area (Å²) in [6.07, 6.45) is -0.674. The summed E-state index contributed by atoms with van der Waals surface area (Å²) in [5.41, 5.74) is 6.79. The second kappa shape index (κ2) is 8.56. The number of carboxylic acids is 1. The van der Waals surface area contributed by atoms with Crippen LogP contribution in [0.15, 0.2) is 78.9 Å². The van der Waals surface area contributed by atoms with Crippen molar-refractivity contribution in [2.75, 3.05) is 11.9 Å². The van der Waals surface area contributed by atoms with Crippen LogP contribution in [0.25, 0.3) is 21.6 Å². The third kappa shape index (κ3) is 4.01. The predicted molar refractivity (Wildman–Crippen MR) is 130 cm³/mol. The number of anilines is 1. The molecule has 1 aliphatic carbocycles. The fourth-order valence-electron chi connectivity index (χ4n) is 4.25. The van der Waals surface area contributed by atoms with E-state index in [1.165, 1.54) is 0 Å². The summed E-state index contributed by atoms with van der Waals surface area (Å²) in [7, 11) is 0. The Bertz CT molecular complexity index is 1310. The van der Waals surface area contributed by atoms with E-state index in [0.29, 0.717) is 0 Å². The van der Waals surface area contributed by atoms with E-state index in [1.54, 1.807) is 6.07 Å². The number of aryl methyl sites for hydroxylation is 1. The average molecular weight is 456 g/mol. The Morgan fingerprint density at radius 3 is 2.15 bits per heavy atom. The van der Waals surface area contributed by atoms with Gasteiger partial charge < -0.3 is 9.84 Å². The molecule has 0 saturated heterocycles. The quantitative estimate of drug-likeness (QED) is 0.348. The number of benzene rings is 3. The highest BCUT2D eigenvalue weighted by Gasteiger charge is 2.29. The normalized spacial score (nSPS) is 12.2. The molecule has 0 radical (unpaired) electrons. The number of carboxylic acid groups (broad SMARTS) is 1. The van der Waals surface area contributed by atoms with E-state index >= 15 is 0 Å². The molecule has 2 N–H and O–H groups in total. The number of rotatable bonds is 5. The molecule has 3 aromatic carbocycles. The van der Waals surface area contributed by atoms with Crippen molar-refractivity contribution in [1.29, 1.82) is 0 Å². The summed E-state index contributed by atoms with van der Waals surface area (Å²) in [6.45, 7) is 2.15. The zero-order valence-corrected chi connectivity index (χ0v) is 18.7. The van der Waals surface area contributed by atoms with Crippen molar-refractivity contribution in [3.05, 3.63) is 100 Å². The minimum absolute atomic E-state index is 0.0623. The van der Waals surface area contributed by atoms with Crippen LogP contribution >= 0.6 is 11.3 Å². The number of aromatic carboxylic acids is 1. The van der Waals surface area contributed by atoms with Gasteiger partial charge in [0.05, 0.1) is 5.69 Å². The molecule has 5 nitrogen and oxygen atoms in total. The molecule has 0 spiro atoms. The van der Waals surface area contributed by atoms with Crippen molar-refractivity contribution in [2.24, 2.45) is 0 Å². The summed E-state index contributed by atoms with van der Waals surface area (Å²) in [4.78, 5) is 25.2. The van der Waals surface area contributed by atoms with E-state index in [1.807, 2.05) is 55.5 Å². The van der Waals surface area contributed by atoms with E-state index in [9.17, 15) is 14.7 Å². The van der Waals surface area contributed by atoms with Gasteiger partial charge in [-0.1, -0.05) is 78.4 Å². The Labute approximate surface area is 195 Å². The van der Waals surface area contributed by atoms with E-state index < -0.39 is 12.1 Å². The van der Waals surface area contributed by atoms with Gasteiger partial charge in [0.25, 0.3) is 0 Å². The van der Waals surface area contributed by atoms with Crippen molar-refractivity contribution >= 4 is 29.1 Å². The van der Waals surface area contributed by atoms with Gasteiger partial charge in [0.2, 0.25) is 0 Å². The van der Waals surface area contributed by atoms with Crippen LogP contribution in [0.1, 0.15) is 32.3 Å². The molecular formula is C27H21NO4S. The van der Waals surface area contributed by atoms with Gasteiger partial charge in [0.1, 0.15) is 11.5 Å². The van der Waals surface area contributed by atoms with Crippen LogP contribution in [0.4, 0.5) is 10.5 Å². The Hall–Kier alpha value is -3.90. The second-order valence-corrected chi connectivity index (χ2v) is 9.03. The molecule has 1 aliphatic rings. The molecular weight excluding hydrogens is 434 g/mol. The molecule has 6 heteroatoms. The summed E-state index contributed by atoms with van der Waals surface area (Å²) in [6, 6.07) is 25.7. The molecule has 5 rings (SSSR count). The molecule has 33 heavy (non-hydrogen) atoms. The highest BCUT2D eigenvalue weighted by Crippen LogP contribution is 2.44. The highest BCUT2D eigenvalue weighted by atomic mass is 32.1. The van der Waals surface area contributed by atoms with Gasteiger partial charge in [-0.2, -0.15) is 0 Å². The molecule has 0 saturated carbocycles. The number of hydrogen-bond donors (Lipinski definition) is 2. The molecule has 1 aromatic heterocycles. The van der Waals surface area contributed by atoms with Gasteiger partial charge in [-0.25, -0.2) is 9.59 Å². The molecule has 0 aliphatic heterocycles. The van der Waals surface area contributed by atoms with Gasteiger partial charge in [0.15, 0.2) is 0 Å². The van der Waals surface area contributed by atoms with Crippen LogP contribution in [0.3, 0.4) is 0 Å². The number of thiophene rings is 1. The first-order valence-electron chi connectivity index (χ1n) is 10.6. The SMILES string of the molecule is Cc1ccc(-c2cc(NC(=O)OCC3c4ccccc4-c4ccccc43)c(C(=O)O)s2)cc1. The largest absolute Gasteiger partial charge is 0.477 e. The minimum Gasteiger partial charge on any atom is -0.477 e. The maximum Gasteiger partial charge on any atom is 0.411 e. The Kier molecular flexibility index (Phi) is 5.44. The number of hydrogen-bond acceptors (Lipinski definition) is 4. The third-order valence-electron chi connectivity index (χ3n) is 5.84. The topological polar surface area (TPSA) is 75.6 Å². The number of ether oxygens (including phenoxy) is 1. The maximum atomic E-state index is 12.6. The van der Waals surface area contributed by atoms with Gasteiger partial charge in [-0.3, -0.25) is 5.32 Å². The van der Waals surface area contributed by atoms with Crippen molar-refractivity contribution in [3.8, 4) is 21.6 Å². The first kappa shape index (κ1) is 21.0. The van der Waals surface area contributed by atoms with E-state index in [4.69, 9.17) is 4.74 Å². The third-order valence-corrected chi connectivity index (χ3v) is 7.01. The Morgan fingerprint density at radius 1 is 0.939 bits per heavy atom. The molecule has 1 heterocycles. The first-order chi connectivity index (χ1) is 16.0. The summed E-state index contributed by atoms with van der Waals surface area (Å²) in [5, 5.41) is 12.3. The standard InChI is InChI=1S/C27H21NO4S/c1-16-10-12-17(13-11-16)24-14-23(25(33-24)26(29)30)28-27(31)32-15-22-20-8-4-2-6-18(20)19-7-3-5-9-21(19)22/h2-14,22H,15H2,1H3,(H,28,31)(H,29,30). The fraction of sp³-hybridized carbons (Fsp3) is 0.111. The summed E-state index contributed by atoms with van der Waals surface area (Å²) < 4.78 is 5.57.